The second-order valence-corrected chi connectivity index (χ2v) is 3.42. The second-order valence-electron chi connectivity index (χ2n) is 3.42. The van der Waals surface area contributed by atoms with Gasteiger partial charge in [-0.05, 0) is 19.1 Å². The highest BCUT2D eigenvalue weighted by molar-refractivity contribution is 5.90. The number of hydrogen-bond acceptors (Lipinski definition) is 5. The number of aromatic nitrogens is 2. The molecule has 0 spiro atoms. The lowest BCUT2D eigenvalue weighted by atomic mass is 10.2. The van der Waals surface area contributed by atoms with Gasteiger partial charge in [0.2, 0.25) is 0 Å². The lowest BCUT2D eigenvalue weighted by Gasteiger charge is -2.16. The van der Waals surface area contributed by atoms with Crippen molar-refractivity contribution in [3.63, 3.8) is 0 Å². The summed E-state index contributed by atoms with van der Waals surface area (Å²) in [5.74, 6) is -0.662. The van der Waals surface area contributed by atoms with Crippen LogP contribution < -0.4 is 10.4 Å². The number of benzene rings is 1. The lowest BCUT2D eigenvalue weighted by molar-refractivity contribution is -0.306. The van der Waals surface area contributed by atoms with E-state index in [0.29, 0.717) is 5.82 Å². The molecule has 1 unspecified atom stereocenters. The molecule has 0 bridgehead atoms. The largest absolute Gasteiger partial charge is 0.548 e. The van der Waals surface area contributed by atoms with Gasteiger partial charge in [0.05, 0.1) is 17.5 Å². The average molecular weight is 216 g/mol. The highest BCUT2D eigenvalue weighted by Gasteiger charge is 2.06. The molecule has 2 aromatic rings. The van der Waals surface area contributed by atoms with Crippen LogP contribution in [0.2, 0.25) is 0 Å². The van der Waals surface area contributed by atoms with Crippen LogP contribution in [0.1, 0.15) is 6.92 Å². The van der Waals surface area contributed by atoms with Crippen molar-refractivity contribution in [3.05, 3.63) is 30.6 Å². The summed E-state index contributed by atoms with van der Waals surface area (Å²) in [5, 5.41) is 14.2. The lowest BCUT2D eigenvalue weighted by Crippen LogP contribution is -2.38. The van der Waals surface area contributed by atoms with Crippen LogP contribution >= 0.6 is 0 Å². The quantitative estimate of drug-likeness (QED) is 0.791. The third-order valence-electron chi connectivity index (χ3n) is 2.25. The molecule has 0 saturated carbocycles. The summed E-state index contributed by atoms with van der Waals surface area (Å²) < 4.78 is 0. The third-order valence-corrected chi connectivity index (χ3v) is 2.25. The summed E-state index contributed by atoms with van der Waals surface area (Å²) in [6.07, 6.45) is 1.40. The Balaban J connectivity index is 2.41. The number of carboxylic acid groups (broad SMARTS) is 1. The van der Waals surface area contributed by atoms with E-state index in [9.17, 15) is 9.90 Å². The number of para-hydroxylation sites is 1. The Bertz CT molecular complexity index is 522. The first-order valence-corrected chi connectivity index (χ1v) is 4.85. The Kier molecular flexibility index (Phi) is 2.68. The van der Waals surface area contributed by atoms with Gasteiger partial charge < -0.3 is 15.2 Å². The Morgan fingerprint density at radius 2 is 2.12 bits per heavy atom. The van der Waals surface area contributed by atoms with Crippen molar-refractivity contribution in [2.24, 2.45) is 0 Å². The minimum atomic E-state index is -1.16. The highest BCUT2D eigenvalue weighted by Crippen LogP contribution is 2.18. The number of carbonyl (C=O) groups is 1. The molecule has 1 N–H and O–H groups in total. The normalized spacial score (nSPS) is 12.3. The summed E-state index contributed by atoms with van der Waals surface area (Å²) in [7, 11) is 0. The monoisotopic (exact) mass is 216 g/mol. The van der Waals surface area contributed by atoms with Crippen LogP contribution in [0.3, 0.4) is 0 Å². The summed E-state index contributed by atoms with van der Waals surface area (Å²) in [6, 6.07) is 6.59. The minimum absolute atomic E-state index is 0.502. The first kappa shape index (κ1) is 10.4. The SMILES string of the molecule is CC(Nc1ncnc2ccccc12)C(=O)[O-]. The van der Waals surface area contributed by atoms with Gasteiger partial charge in [0, 0.05) is 5.39 Å². The van der Waals surface area contributed by atoms with Gasteiger partial charge in [-0.15, -0.1) is 0 Å². The number of aliphatic carboxylic acids is 1. The zero-order valence-corrected chi connectivity index (χ0v) is 8.68. The van der Waals surface area contributed by atoms with Gasteiger partial charge in [0.15, 0.2) is 0 Å². The summed E-state index contributed by atoms with van der Waals surface area (Å²) in [4.78, 5) is 18.7. The Hall–Kier alpha value is -2.17. The number of anilines is 1. The van der Waals surface area contributed by atoms with Crippen LogP contribution in [0.15, 0.2) is 30.6 Å². The van der Waals surface area contributed by atoms with Crippen LogP contribution in [0.25, 0.3) is 10.9 Å². The topological polar surface area (TPSA) is 77.9 Å². The van der Waals surface area contributed by atoms with Crippen molar-refractivity contribution in [1.82, 2.24) is 9.97 Å². The smallest absolute Gasteiger partial charge is 0.137 e. The maximum atomic E-state index is 10.6. The number of nitrogens with zero attached hydrogens (tertiary/aromatic N) is 2. The number of hydrogen-bond donors (Lipinski definition) is 1. The Labute approximate surface area is 92.2 Å². The van der Waals surface area contributed by atoms with Crippen LogP contribution in [0, 0.1) is 0 Å². The van der Waals surface area contributed by atoms with Gasteiger partial charge >= 0.3 is 0 Å². The predicted octanol–water partition coefficient (Wildman–Crippen LogP) is 0.180. The van der Waals surface area contributed by atoms with E-state index in [4.69, 9.17) is 0 Å². The minimum Gasteiger partial charge on any atom is -0.548 e. The number of carboxylic acids is 1. The van der Waals surface area contributed by atoms with E-state index in [0.717, 1.165) is 10.9 Å². The van der Waals surface area contributed by atoms with E-state index in [-0.39, 0.29) is 0 Å². The molecule has 0 radical (unpaired) electrons. The van der Waals surface area contributed by atoms with Crippen LogP contribution in [-0.4, -0.2) is 22.0 Å². The first-order chi connectivity index (χ1) is 7.68. The Morgan fingerprint density at radius 3 is 2.88 bits per heavy atom. The van der Waals surface area contributed by atoms with Gasteiger partial charge in [0.1, 0.15) is 12.1 Å². The predicted molar refractivity (Wildman–Crippen MR) is 57.6 cm³/mol. The summed E-state index contributed by atoms with van der Waals surface area (Å²) >= 11 is 0. The molecule has 16 heavy (non-hydrogen) atoms. The molecule has 1 aromatic heterocycles. The van der Waals surface area contributed by atoms with Crippen molar-refractivity contribution in [2.75, 3.05) is 5.32 Å². The summed E-state index contributed by atoms with van der Waals surface area (Å²) in [6.45, 7) is 1.51. The highest BCUT2D eigenvalue weighted by atomic mass is 16.4. The third kappa shape index (κ3) is 1.93. The van der Waals surface area contributed by atoms with Gasteiger partial charge in [-0.1, -0.05) is 12.1 Å². The van der Waals surface area contributed by atoms with Gasteiger partial charge in [0.25, 0.3) is 0 Å². The molecule has 0 aliphatic heterocycles. The number of rotatable bonds is 3. The Morgan fingerprint density at radius 1 is 1.38 bits per heavy atom. The summed E-state index contributed by atoms with van der Waals surface area (Å²) in [5.41, 5.74) is 0.769. The van der Waals surface area contributed by atoms with E-state index in [1.165, 1.54) is 13.3 Å². The van der Waals surface area contributed by atoms with Crippen molar-refractivity contribution < 1.29 is 9.90 Å². The molecule has 0 aliphatic carbocycles. The molecular weight excluding hydrogens is 206 g/mol. The van der Waals surface area contributed by atoms with Crippen molar-refractivity contribution >= 4 is 22.7 Å². The average Bonchev–Trinajstić information content (AvgIpc) is 2.29. The van der Waals surface area contributed by atoms with Crippen molar-refractivity contribution in [2.45, 2.75) is 13.0 Å². The van der Waals surface area contributed by atoms with Gasteiger partial charge in [-0.3, -0.25) is 0 Å². The molecule has 0 saturated heterocycles. The maximum Gasteiger partial charge on any atom is 0.137 e. The number of carbonyl (C=O) groups excluding carboxylic acids is 1. The number of nitrogens with one attached hydrogen (secondary N) is 1. The van der Waals surface area contributed by atoms with Gasteiger partial charge in [-0.25, -0.2) is 9.97 Å². The van der Waals surface area contributed by atoms with Crippen molar-refractivity contribution in [1.29, 1.82) is 0 Å². The fraction of sp³-hybridized carbons (Fsp3) is 0.182. The molecule has 0 aliphatic rings. The van der Waals surface area contributed by atoms with Crippen LogP contribution in [-0.2, 0) is 4.79 Å². The molecule has 5 nitrogen and oxygen atoms in total. The molecule has 0 amide bonds. The fourth-order valence-corrected chi connectivity index (χ4v) is 1.38. The van der Waals surface area contributed by atoms with Crippen LogP contribution in [0.4, 0.5) is 5.82 Å². The maximum absolute atomic E-state index is 10.6. The van der Waals surface area contributed by atoms with Gasteiger partial charge in [-0.2, -0.15) is 0 Å². The standard InChI is InChI=1S/C11H11N3O2/c1-7(11(15)16)14-10-8-4-2-3-5-9(8)12-6-13-10/h2-7H,1H3,(H,15,16)(H,12,13,14)/p-1. The van der Waals surface area contributed by atoms with Crippen LogP contribution in [0.5, 0.6) is 0 Å². The molecule has 1 heterocycles. The fourth-order valence-electron chi connectivity index (χ4n) is 1.38. The molecule has 5 heteroatoms. The van der Waals surface area contributed by atoms with E-state index in [1.807, 2.05) is 24.3 Å². The molecule has 2 rings (SSSR count). The molecule has 0 fully saturated rings. The van der Waals surface area contributed by atoms with E-state index >= 15 is 0 Å². The number of fused-ring (bicyclic) bond motifs is 1. The van der Waals surface area contributed by atoms with E-state index in [2.05, 4.69) is 15.3 Å². The molecule has 1 aromatic carbocycles. The molecule has 82 valence electrons. The molecular formula is C11H10N3O2-. The second kappa shape index (κ2) is 4.14. The van der Waals surface area contributed by atoms with E-state index < -0.39 is 12.0 Å². The first-order valence-electron chi connectivity index (χ1n) is 4.85. The zero-order valence-electron chi connectivity index (χ0n) is 8.68. The van der Waals surface area contributed by atoms with Crippen molar-refractivity contribution in [3.8, 4) is 0 Å². The van der Waals surface area contributed by atoms with E-state index in [1.54, 1.807) is 0 Å². The zero-order chi connectivity index (χ0) is 11.5. The molecule has 1 atom stereocenters.